The van der Waals surface area contributed by atoms with E-state index in [-0.39, 0.29) is 5.91 Å². The maximum Gasteiger partial charge on any atom is 0.233 e. The molecule has 0 saturated heterocycles. The van der Waals surface area contributed by atoms with Crippen LogP contribution in [-0.2, 0) is 11.3 Å². The average Bonchev–Trinajstić information content (AvgIpc) is 2.45. The van der Waals surface area contributed by atoms with Crippen molar-refractivity contribution in [2.45, 2.75) is 53.0 Å². The summed E-state index contributed by atoms with van der Waals surface area (Å²) in [5.41, 5.74) is 7.09. The number of hydrogen-bond acceptors (Lipinski definition) is 3. The Morgan fingerprint density at radius 1 is 1.38 bits per heavy atom. The topological polar surface area (TPSA) is 68.0 Å². The van der Waals surface area contributed by atoms with Crippen molar-refractivity contribution in [3.8, 4) is 0 Å². The number of carbonyl (C=O) groups is 1. The van der Waals surface area contributed by atoms with Crippen molar-refractivity contribution in [2.24, 2.45) is 11.1 Å². The van der Waals surface area contributed by atoms with Crippen LogP contribution in [0.4, 0.5) is 0 Å². The van der Waals surface area contributed by atoms with Gasteiger partial charge in [-0.05, 0) is 31.4 Å². The fourth-order valence-corrected chi connectivity index (χ4v) is 2.90. The summed E-state index contributed by atoms with van der Waals surface area (Å²) in [6.45, 7) is 6.47. The van der Waals surface area contributed by atoms with E-state index in [0.717, 1.165) is 24.1 Å². The highest BCUT2D eigenvalue weighted by atomic mass is 32.1. The molecule has 116 valence electrons. The van der Waals surface area contributed by atoms with Crippen molar-refractivity contribution in [3.05, 3.63) is 29.6 Å². The number of aromatic nitrogens is 1. The van der Waals surface area contributed by atoms with Gasteiger partial charge in [0.25, 0.3) is 0 Å². The Morgan fingerprint density at radius 2 is 2.00 bits per heavy atom. The summed E-state index contributed by atoms with van der Waals surface area (Å²) in [7, 11) is 0. The highest BCUT2D eigenvalue weighted by Gasteiger charge is 2.39. The minimum Gasteiger partial charge on any atom is -0.392 e. The first-order valence-electron chi connectivity index (χ1n) is 7.46. The van der Waals surface area contributed by atoms with Crippen LogP contribution < -0.4 is 11.1 Å². The molecule has 1 rings (SSSR count). The monoisotopic (exact) mass is 307 g/mol. The first kappa shape index (κ1) is 17.6. The van der Waals surface area contributed by atoms with Gasteiger partial charge in [-0.15, -0.1) is 0 Å². The molecule has 0 aromatic carbocycles. The van der Waals surface area contributed by atoms with E-state index in [4.69, 9.17) is 18.0 Å². The third-order valence-corrected chi connectivity index (χ3v) is 4.18. The van der Waals surface area contributed by atoms with Crippen molar-refractivity contribution in [1.82, 2.24) is 10.3 Å². The molecule has 5 heteroatoms. The van der Waals surface area contributed by atoms with Gasteiger partial charge in [-0.2, -0.15) is 0 Å². The molecule has 0 aliphatic carbocycles. The molecule has 0 spiro atoms. The number of nitrogens with zero attached hydrogens (tertiary/aromatic N) is 1. The van der Waals surface area contributed by atoms with Gasteiger partial charge in [0.1, 0.15) is 0 Å². The molecule has 0 bridgehead atoms. The number of nitrogens with one attached hydrogen (secondary N) is 1. The van der Waals surface area contributed by atoms with Crippen LogP contribution in [0.15, 0.2) is 18.3 Å². The van der Waals surface area contributed by atoms with Gasteiger partial charge in [0.15, 0.2) is 0 Å². The van der Waals surface area contributed by atoms with Crippen LogP contribution in [0.1, 0.15) is 50.8 Å². The fraction of sp³-hybridized carbons (Fsp3) is 0.562. The lowest BCUT2D eigenvalue weighted by Crippen LogP contribution is -2.48. The van der Waals surface area contributed by atoms with E-state index in [1.165, 1.54) is 0 Å². The van der Waals surface area contributed by atoms with Crippen molar-refractivity contribution >= 4 is 23.1 Å². The first-order chi connectivity index (χ1) is 9.97. The fourth-order valence-electron chi connectivity index (χ4n) is 2.60. The summed E-state index contributed by atoms with van der Waals surface area (Å²) in [5.74, 6) is -0.0799. The molecule has 4 nitrogen and oxygen atoms in total. The number of nitrogens with two attached hydrogens (primary N) is 1. The molecule has 0 saturated carbocycles. The third kappa shape index (κ3) is 4.24. The first-order valence-corrected chi connectivity index (χ1v) is 7.87. The molecular formula is C16H25N3OS. The molecule has 0 unspecified atom stereocenters. The molecule has 0 aliphatic heterocycles. The zero-order valence-corrected chi connectivity index (χ0v) is 13.9. The van der Waals surface area contributed by atoms with E-state index in [1.807, 2.05) is 32.9 Å². The van der Waals surface area contributed by atoms with E-state index in [2.05, 4.69) is 10.3 Å². The molecule has 0 radical (unpaired) electrons. The van der Waals surface area contributed by atoms with Crippen LogP contribution in [0.3, 0.4) is 0 Å². The highest BCUT2D eigenvalue weighted by molar-refractivity contribution is 7.80. The molecular weight excluding hydrogens is 282 g/mol. The Labute approximate surface area is 132 Å². The summed E-state index contributed by atoms with van der Waals surface area (Å²) in [4.78, 5) is 17.2. The number of hydrogen-bond donors (Lipinski definition) is 2. The van der Waals surface area contributed by atoms with Gasteiger partial charge in [-0.25, -0.2) is 0 Å². The molecule has 0 aliphatic rings. The second kappa shape index (κ2) is 8.08. The second-order valence-corrected chi connectivity index (χ2v) is 5.84. The van der Waals surface area contributed by atoms with Crippen LogP contribution in [0.25, 0.3) is 0 Å². The Morgan fingerprint density at radius 3 is 2.48 bits per heavy atom. The summed E-state index contributed by atoms with van der Waals surface area (Å²) in [6.07, 6.45) is 4.83. The molecule has 0 atom stereocenters. The highest BCUT2D eigenvalue weighted by Crippen LogP contribution is 2.31. The summed E-state index contributed by atoms with van der Waals surface area (Å²) in [5, 5.41) is 2.96. The standard InChI is InChI=1S/C16H25N3OS/c1-4-8-16(9-5-2,14(17)21)15(20)19-11-13-12(3)7-6-10-18-13/h6-7,10H,4-5,8-9,11H2,1-3H3,(H2,17,21)(H,19,20). The number of amides is 1. The van der Waals surface area contributed by atoms with Gasteiger partial charge in [0.2, 0.25) is 5.91 Å². The van der Waals surface area contributed by atoms with Gasteiger partial charge in [-0.1, -0.05) is 45.0 Å². The minimum atomic E-state index is -0.735. The van der Waals surface area contributed by atoms with Crippen LogP contribution in [0.2, 0.25) is 0 Å². The number of pyridine rings is 1. The van der Waals surface area contributed by atoms with Gasteiger partial charge in [0, 0.05) is 6.20 Å². The molecule has 1 aromatic heterocycles. The average molecular weight is 307 g/mol. The number of thiocarbonyl (C=S) groups is 1. The largest absolute Gasteiger partial charge is 0.392 e. The number of aryl methyl sites for hydroxylation is 1. The predicted molar refractivity (Wildman–Crippen MR) is 89.9 cm³/mol. The second-order valence-electron chi connectivity index (χ2n) is 5.40. The molecule has 1 heterocycles. The lowest BCUT2D eigenvalue weighted by molar-refractivity contribution is -0.128. The maximum atomic E-state index is 12.7. The molecule has 1 amide bonds. The van der Waals surface area contributed by atoms with Crippen LogP contribution in [-0.4, -0.2) is 15.9 Å². The lowest BCUT2D eigenvalue weighted by atomic mass is 9.78. The summed E-state index contributed by atoms with van der Waals surface area (Å²) < 4.78 is 0. The van der Waals surface area contributed by atoms with Gasteiger partial charge >= 0.3 is 0 Å². The molecule has 1 aromatic rings. The quantitative estimate of drug-likeness (QED) is 0.725. The zero-order valence-electron chi connectivity index (χ0n) is 13.1. The number of rotatable bonds is 8. The van der Waals surface area contributed by atoms with E-state index < -0.39 is 5.41 Å². The van der Waals surface area contributed by atoms with Gasteiger partial charge < -0.3 is 11.1 Å². The molecule has 0 fully saturated rings. The Kier molecular flexibility index (Phi) is 6.75. The number of carbonyl (C=O) groups excluding carboxylic acids is 1. The summed E-state index contributed by atoms with van der Waals surface area (Å²) in [6, 6.07) is 3.86. The Hall–Kier alpha value is -1.49. The lowest BCUT2D eigenvalue weighted by Gasteiger charge is -2.31. The van der Waals surface area contributed by atoms with Gasteiger partial charge in [0.05, 0.1) is 22.6 Å². The van der Waals surface area contributed by atoms with E-state index in [9.17, 15) is 4.79 Å². The summed E-state index contributed by atoms with van der Waals surface area (Å²) >= 11 is 5.19. The van der Waals surface area contributed by atoms with E-state index >= 15 is 0 Å². The Bertz CT molecular complexity index is 496. The van der Waals surface area contributed by atoms with E-state index in [0.29, 0.717) is 24.4 Å². The van der Waals surface area contributed by atoms with Crippen molar-refractivity contribution < 1.29 is 4.79 Å². The smallest absolute Gasteiger partial charge is 0.233 e. The zero-order chi connectivity index (χ0) is 15.9. The van der Waals surface area contributed by atoms with Crippen LogP contribution in [0, 0.1) is 12.3 Å². The Balaban J connectivity index is 2.86. The van der Waals surface area contributed by atoms with Crippen molar-refractivity contribution in [3.63, 3.8) is 0 Å². The molecule has 21 heavy (non-hydrogen) atoms. The van der Waals surface area contributed by atoms with E-state index in [1.54, 1.807) is 6.20 Å². The normalized spacial score (nSPS) is 11.2. The maximum absolute atomic E-state index is 12.7. The SMILES string of the molecule is CCCC(CCC)(C(=O)NCc1ncccc1C)C(N)=S. The predicted octanol–water partition coefficient (Wildman–Crippen LogP) is 2.88. The van der Waals surface area contributed by atoms with Crippen molar-refractivity contribution in [2.75, 3.05) is 0 Å². The third-order valence-electron chi connectivity index (χ3n) is 3.79. The van der Waals surface area contributed by atoms with Crippen LogP contribution >= 0.6 is 12.2 Å². The van der Waals surface area contributed by atoms with Gasteiger partial charge in [-0.3, -0.25) is 9.78 Å². The van der Waals surface area contributed by atoms with Crippen molar-refractivity contribution in [1.29, 1.82) is 0 Å². The van der Waals surface area contributed by atoms with Crippen LogP contribution in [0.5, 0.6) is 0 Å². The molecule has 3 N–H and O–H groups in total. The minimum absolute atomic E-state index is 0.0799.